The predicted octanol–water partition coefficient (Wildman–Crippen LogP) is 1.57. The third kappa shape index (κ3) is 1.64. The van der Waals surface area contributed by atoms with Crippen molar-refractivity contribution in [3.63, 3.8) is 0 Å². The Morgan fingerprint density at radius 2 is 1.61 bits per heavy atom. The van der Waals surface area contributed by atoms with Gasteiger partial charge in [-0.05, 0) is 25.7 Å². The summed E-state index contributed by atoms with van der Waals surface area (Å²) in [4.78, 5) is 37.4. The van der Waals surface area contributed by atoms with Crippen LogP contribution in [0.5, 0.6) is 0 Å². The molecule has 3 fully saturated rings. The fourth-order valence-electron chi connectivity index (χ4n) is 3.11. The molecule has 1 aliphatic heterocycles. The van der Waals surface area contributed by atoms with Crippen molar-refractivity contribution in [3.8, 4) is 0 Å². The fraction of sp³-hybridized carbons (Fsp3) is 0.769. The van der Waals surface area contributed by atoms with Gasteiger partial charge in [-0.15, -0.1) is 0 Å². The minimum Gasteiger partial charge on any atom is -0.277 e. The number of hydrogen-bond donors (Lipinski definition) is 1. The number of hydrogen-bond acceptors (Lipinski definition) is 3. The molecule has 5 heteroatoms. The van der Waals surface area contributed by atoms with Gasteiger partial charge >= 0.3 is 6.03 Å². The Bertz CT molecular complexity index is 406. The number of barbiturate groups is 1. The van der Waals surface area contributed by atoms with Crippen molar-refractivity contribution in [1.29, 1.82) is 0 Å². The third-order valence-electron chi connectivity index (χ3n) is 4.44. The molecule has 2 saturated carbocycles. The van der Waals surface area contributed by atoms with E-state index in [-0.39, 0.29) is 17.9 Å². The maximum absolute atomic E-state index is 12.4. The van der Waals surface area contributed by atoms with Crippen LogP contribution in [0.25, 0.3) is 0 Å². The van der Waals surface area contributed by atoms with E-state index in [1.807, 2.05) is 0 Å². The molecule has 98 valence electrons. The molecular weight excluding hydrogens is 232 g/mol. The van der Waals surface area contributed by atoms with Gasteiger partial charge in [-0.3, -0.25) is 19.8 Å². The number of nitrogens with zero attached hydrogens (tertiary/aromatic N) is 1. The Balaban J connectivity index is 1.83. The lowest BCUT2D eigenvalue weighted by Gasteiger charge is -2.35. The molecule has 1 saturated heterocycles. The van der Waals surface area contributed by atoms with Crippen LogP contribution in [0.3, 0.4) is 0 Å². The van der Waals surface area contributed by atoms with Crippen molar-refractivity contribution < 1.29 is 14.4 Å². The summed E-state index contributed by atoms with van der Waals surface area (Å²) < 4.78 is 0. The minimum atomic E-state index is -0.889. The van der Waals surface area contributed by atoms with Crippen molar-refractivity contribution in [2.45, 2.75) is 57.4 Å². The number of nitrogens with one attached hydrogen (secondary N) is 1. The van der Waals surface area contributed by atoms with E-state index >= 15 is 0 Å². The SMILES string of the molecule is O=C1NC(=O)C2(CC2)C(=O)N1C1CCCCCC1. The van der Waals surface area contributed by atoms with Crippen LogP contribution in [0, 0.1) is 5.41 Å². The zero-order valence-electron chi connectivity index (χ0n) is 10.4. The predicted molar refractivity (Wildman–Crippen MR) is 63.5 cm³/mol. The number of amides is 4. The van der Waals surface area contributed by atoms with Crippen molar-refractivity contribution >= 4 is 17.8 Å². The summed E-state index contributed by atoms with van der Waals surface area (Å²) in [5.41, 5.74) is -0.889. The molecule has 0 aromatic carbocycles. The molecule has 0 aromatic rings. The molecular formula is C13H18N2O3. The van der Waals surface area contributed by atoms with Crippen LogP contribution in [-0.4, -0.2) is 28.8 Å². The molecule has 0 aromatic heterocycles. The molecule has 4 amide bonds. The van der Waals surface area contributed by atoms with Gasteiger partial charge in [0.2, 0.25) is 11.8 Å². The smallest absolute Gasteiger partial charge is 0.277 e. The highest BCUT2D eigenvalue weighted by atomic mass is 16.2. The first-order valence-corrected chi connectivity index (χ1v) is 6.84. The number of imide groups is 2. The molecule has 18 heavy (non-hydrogen) atoms. The number of urea groups is 1. The van der Waals surface area contributed by atoms with Crippen LogP contribution in [0.2, 0.25) is 0 Å². The normalized spacial score (nSPS) is 28.2. The van der Waals surface area contributed by atoms with E-state index in [1.165, 1.54) is 17.7 Å². The summed E-state index contributed by atoms with van der Waals surface area (Å²) in [7, 11) is 0. The second-order valence-corrected chi connectivity index (χ2v) is 5.66. The van der Waals surface area contributed by atoms with Gasteiger partial charge in [0.05, 0.1) is 0 Å². The molecule has 0 atom stereocenters. The standard InChI is InChI=1S/C13H18N2O3/c16-10-13(7-8-13)11(17)15(12(18)14-10)9-5-3-1-2-4-6-9/h9H,1-8H2,(H,14,16,18). The van der Waals surface area contributed by atoms with Crippen LogP contribution in [-0.2, 0) is 9.59 Å². The Labute approximate surface area is 106 Å². The monoisotopic (exact) mass is 250 g/mol. The topological polar surface area (TPSA) is 66.5 Å². The molecule has 1 spiro atoms. The third-order valence-corrected chi connectivity index (χ3v) is 4.44. The Morgan fingerprint density at radius 1 is 1.00 bits per heavy atom. The van der Waals surface area contributed by atoms with E-state index in [0.29, 0.717) is 12.8 Å². The van der Waals surface area contributed by atoms with E-state index in [4.69, 9.17) is 0 Å². The quantitative estimate of drug-likeness (QED) is 0.567. The minimum absolute atomic E-state index is 0.00873. The van der Waals surface area contributed by atoms with Crippen LogP contribution in [0.1, 0.15) is 51.4 Å². The van der Waals surface area contributed by atoms with E-state index < -0.39 is 11.4 Å². The van der Waals surface area contributed by atoms with E-state index in [0.717, 1.165) is 25.7 Å². The molecule has 2 aliphatic carbocycles. The lowest BCUT2D eigenvalue weighted by molar-refractivity contribution is -0.146. The number of carbonyl (C=O) groups is 3. The van der Waals surface area contributed by atoms with Gasteiger partial charge in [0.25, 0.3) is 0 Å². The largest absolute Gasteiger partial charge is 0.331 e. The maximum atomic E-state index is 12.4. The average Bonchev–Trinajstić information content (AvgIpc) is 3.13. The van der Waals surface area contributed by atoms with Gasteiger partial charge in [0.1, 0.15) is 5.41 Å². The highest BCUT2D eigenvalue weighted by molar-refractivity contribution is 6.21. The van der Waals surface area contributed by atoms with E-state index in [1.54, 1.807) is 0 Å². The molecule has 0 radical (unpaired) electrons. The van der Waals surface area contributed by atoms with Gasteiger partial charge in [-0.25, -0.2) is 4.79 Å². The van der Waals surface area contributed by atoms with Gasteiger partial charge in [0.15, 0.2) is 0 Å². The molecule has 0 unspecified atom stereocenters. The molecule has 5 nitrogen and oxygen atoms in total. The second kappa shape index (κ2) is 4.07. The van der Waals surface area contributed by atoms with Gasteiger partial charge < -0.3 is 0 Å². The summed E-state index contributed by atoms with van der Waals surface area (Å²) in [6.07, 6.45) is 7.40. The molecule has 3 rings (SSSR count). The number of carbonyl (C=O) groups excluding carboxylic acids is 3. The van der Waals surface area contributed by atoms with Crippen molar-refractivity contribution in [2.24, 2.45) is 5.41 Å². The van der Waals surface area contributed by atoms with E-state index in [9.17, 15) is 14.4 Å². The first-order valence-electron chi connectivity index (χ1n) is 6.84. The summed E-state index contributed by atoms with van der Waals surface area (Å²) in [6, 6.07) is -0.514. The van der Waals surface area contributed by atoms with Gasteiger partial charge in [0, 0.05) is 6.04 Å². The van der Waals surface area contributed by atoms with Crippen molar-refractivity contribution in [1.82, 2.24) is 10.2 Å². The second-order valence-electron chi connectivity index (χ2n) is 5.66. The first kappa shape index (κ1) is 11.7. The lowest BCUT2D eigenvalue weighted by atomic mass is 9.98. The molecule has 0 bridgehead atoms. The summed E-state index contributed by atoms with van der Waals surface area (Å²) in [6.45, 7) is 0. The lowest BCUT2D eigenvalue weighted by Crippen LogP contribution is -2.61. The number of rotatable bonds is 1. The molecule has 1 heterocycles. The summed E-state index contributed by atoms with van der Waals surface area (Å²) in [5.74, 6) is -0.634. The summed E-state index contributed by atoms with van der Waals surface area (Å²) >= 11 is 0. The van der Waals surface area contributed by atoms with Crippen LogP contribution in [0.15, 0.2) is 0 Å². The molecule has 3 aliphatic rings. The van der Waals surface area contributed by atoms with Crippen molar-refractivity contribution in [3.05, 3.63) is 0 Å². The Morgan fingerprint density at radius 3 is 2.17 bits per heavy atom. The van der Waals surface area contributed by atoms with Crippen molar-refractivity contribution in [2.75, 3.05) is 0 Å². The zero-order valence-corrected chi connectivity index (χ0v) is 10.4. The van der Waals surface area contributed by atoms with Crippen LogP contribution < -0.4 is 5.32 Å². The van der Waals surface area contributed by atoms with Crippen LogP contribution >= 0.6 is 0 Å². The molecule has 1 N–H and O–H groups in total. The Hall–Kier alpha value is -1.39. The highest BCUT2D eigenvalue weighted by Crippen LogP contribution is 2.49. The Kier molecular flexibility index (Phi) is 2.64. The van der Waals surface area contributed by atoms with Gasteiger partial charge in [-0.1, -0.05) is 25.7 Å². The fourth-order valence-corrected chi connectivity index (χ4v) is 3.11. The van der Waals surface area contributed by atoms with Gasteiger partial charge in [-0.2, -0.15) is 0 Å². The summed E-state index contributed by atoms with van der Waals surface area (Å²) in [5, 5.41) is 2.36. The zero-order chi connectivity index (χ0) is 12.8. The average molecular weight is 250 g/mol. The first-order chi connectivity index (χ1) is 8.65. The maximum Gasteiger partial charge on any atom is 0.331 e. The van der Waals surface area contributed by atoms with E-state index in [2.05, 4.69) is 5.32 Å². The van der Waals surface area contributed by atoms with Crippen LogP contribution in [0.4, 0.5) is 4.79 Å². The highest BCUT2D eigenvalue weighted by Gasteiger charge is 2.62.